The van der Waals surface area contributed by atoms with Crippen molar-refractivity contribution in [3.63, 3.8) is 0 Å². The summed E-state index contributed by atoms with van der Waals surface area (Å²) in [4.78, 5) is 45.4. The minimum atomic E-state index is -1.08. The number of rotatable bonds is 9. The summed E-state index contributed by atoms with van der Waals surface area (Å²) in [6.45, 7) is 2.62. The number of carbonyl (C=O) groups is 2. The van der Waals surface area contributed by atoms with Crippen LogP contribution in [0.3, 0.4) is 0 Å². The second kappa shape index (κ2) is 11.3. The highest BCUT2D eigenvalue weighted by Gasteiger charge is 2.60. The number of hydroxylamine groups is 1. The zero-order valence-corrected chi connectivity index (χ0v) is 22.7. The van der Waals surface area contributed by atoms with Gasteiger partial charge in [-0.05, 0) is 54.4 Å². The Morgan fingerprint density at radius 1 is 0.810 bits per heavy atom. The molecule has 0 aromatic heterocycles. The molecule has 42 heavy (non-hydrogen) atoms. The van der Waals surface area contributed by atoms with Crippen molar-refractivity contribution >= 4 is 28.9 Å². The maximum absolute atomic E-state index is 13.9. The molecule has 10 nitrogen and oxygen atoms in total. The predicted molar refractivity (Wildman–Crippen MR) is 154 cm³/mol. The van der Waals surface area contributed by atoms with Gasteiger partial charge in [0.2, 0.25) is 5.91 Å². The largest absolute Gasteiger partial charge is 0.490 e. The number of nitro groups is 1. The fourth-order valence-electron chi connectivity index (χ4n) is 5.36. The molecule has 212 valence electrons. The maximum atomic E-state index is 13.9. The first-order valence-electron chi connectivity index (χ1n) is 13.5. The molecule has 2 aliphatic heterocycles. The van der Waals surface area contributed by atoms with Crippen LogP contribution in [0.5, 0.6) is 11.5 Å². The van der Waals surface area contributed by atoms with Gasteiger partial charge in [0.25, 0.3) is 11.6 Å². The SMILES string of the molecule is CCOc1cc([C@H]2[C@H]3C(=O)N(c4ccc([N+](=O)[O-])cc4)C(=O)[C@@H]3ON2c2ccccc2)ccc1OCc1ccccc1. The van der Waals surface area contributed by atoms with Crippen LogP contribution in [0.2, 0.25) is 0 Å². The Balaban J connectivity index is 1.36. The number of para-hydroxylation sites is 1. The van der Waals surface area contributed by atoms with Crippen molar-refractivity contribution in [2.24, 2.45) is 5.92 Å². The zero-order valence-electron chi connectivity index (χ0n) is 22.7. The van der Waals surface area contributed by atoms with E-state index in [2.05, 4.69) is 0 Å². The van der Waals surface area contributed by atoms with Crippen molar-refractivity contribution in [2.45, 2.75) is 25.7 Å². The number of benzene rings is 4. The van der Waals surface area contributed by atoms with Crippen LogP contribution in [-0.2, 0) is 21.0 Å². The molecule has 2 aliphatic rings. The number of hydrogen-bond acceptors (Lipinski definition) is 8. The molecule has 0 bridgehead atoms. The normalized spacial score (nSPS) is 19.6. The Bertz CT molecular complexity index is 1610. The zero-order chi connectivity index (χ0) is 29.2. The molecule has 10 heteroatoms. The van der Waals surface area contributed by atoms with Gasteiger partial charge in [-0.1, -0.05) is 54.6 Å². The van der Waals surface area contributed by atoms with Crippen LogP contribution in [0.15, 0.2) is 103 Å². The summed E-state index contributed by atoms with van der Waals surface area (Å²) >= 11 is 0. The maximum Gasteiger partial charge on any atom is 0.269 e. The highest BCUT2D eigenvalue weighted by atomic mass is 16.7. The van der Waals surface area contributed by atoms with Gasteiger partial charge in [-0.15, -0.1) is 0 Å². The van der Waals surface area contributed by atoms with Gasteiger partial charge in [0.1, 0.15) is 12.5 Å². The number of ether oxygens (including phenoxy) is 2. The first-order chi connectivity index (χ1) is 20.5. The Hall–Kier alpha value is -5.22. The quantitative estimate of drug-likeness (QED) is 0.146. The molecule has 0 aliphatic carbocycles. The molecule has 2 saturated heterocycles. The first kappa shape index (κ1) is 27.0. The third kappa shape index (κ3) is 4.92. The van der Waals surface area contributed by atoms with Crippen LogP contribution < -0.4 is 19.4 Å². The van der Waals surface area contributed by atoms with E-state index in [1.54, 1.807) is 11.1 Å². The Labute approximate surface area is 241 Å². The van der Waals surface area contributed by atoms with Gasteiger partial charge in [0.05, 0.1) is 28.9 Å². The summed E-state index contributed by atoms with van der Waals surface area (Å²) in [6.07, 6.45) is -1.08. The number of nitro benzene ring substituents is 1. The lowest BCUT2D eigenvalue weighted by atomic mass is 9.90. The molecule has 2 fully saturated rings. The number of nitrogens with zero attached hydrogens (tertiary/aromatic N) is 3. The fraction of sp³-hybridized carbons (Fsp3) is 0.188. The van der Waals surface area contributed by atoms with E-state index in [-0.39, 0.29) is 11.4 Å². The Kier molecular flexibility index (Phi) is 7.28. The lowest BCUT2D eigenvalue weighted by molar-refractivity contribution is -0.384. The van der Waals surface area contributed by atoms with Crippen molar-refractivity contribution in [1.29, 1.82) is 0 Å². The van der Waals surface area contributed by atoms with E-state index in [0.29, 0.717) is 36.0 Å². The summed E-state index contributed by atoms with van der Waals surface area (Å²) in [7, 11) is 0. The minimum absolute atomic E-state index is 0.138. The van der Waals surface area contributed by atoms with Crippen molar-refractivity contribution < 1.29 is 28.8 Å². The smallest absolute Gasteiger partial charge is 0.269 e. The summed E-state index contributed by atoms with van der Waals surface area (Å²) in [5.41, 5.74) is 2.50. The van der Waals surface area contributed by atoms with Gasteiger partial charge in [-0.2, -0.15) is 0 Å². The van der Waals surface area contributed by atoms with E-state index < -0.39 is 34.8 Å². The number of anilines is 2. The van der Waals surface area contributed by atoms with Gasteiger partial charge in [-0.25, -0.2) is 9.96 Å². The predicted octanol–water partition coefficient (Wildman–Crippen LogP) is 5.62. The number of carbonyl (C=O) groups excluding carboxylic acids is 2. The third-order valence-electron chi connectivity index (χ3n) is 7.29. The number of non-ortho nitro benzene ring substituents is 1. The van der Waals surface area contributed by atoms with Gasteiger partial charge >= 0.3 is 0 Å². The number of amides is 2. The van der Waals surface area contributed by atoms with Crippen molar-refractivity contribution in [3.05, 3.63) is 124 Å². The van der Waals surface area contributed by atoms with Crippen LogP contribution >= 0.6 is 0 Å². The van der Waals surface area contributed by atoms with Crippen LogP contribution in [0.25, 0.3) is 0 Å². The van der Waals surface area contributed by atoms with E-state index in [1.807, 2.05) is 79.7 Å². The molecule has 3 atom stereocenters. The molecule has 2 heterocycles. The monoisotopic (exact) mass is 565 g/mol. The molecule has 4 aromatic rings. The van der Waals surface area contributed by atoms with Crippen molar-refractivity contribution in [3.8, 4) is 11.5 Å². The molecule has 0 spiro atoms. The van der Waals surface area contributed by atoms with Crippen LogP contribution in [0.1, 0.15) is 24.1 Å². The van der Waals surface area contributed by atoms with E-state index in [0.717, 1.165) is 10.5 Å². The molecule has 0 radical (unpaired) electrons. The second-order valence-corrected chi connectivity index (χ2v) is 9.86. The molecular formula is C32H27N3O7. The number of hydrogen-bond donors (Lipinski definition) is 0. The van der Waals surface area contributed by atoms with Crippen LogP contribution in [0.4, 0.5) is 17.1 Å². The minimum Gasteiger partial charge on any atom is -0.490 e. The lowest BCUT2D eigenvalue weighted by Gasteiger charge is -2.29. The molecule has 0 unspecified atom stereocenters. The topological polar surface area (TPSA) is 111 Å². The second-order valence-electron chi connectivity index (χ2n) is 9.86. The molecule has 0 N–H and O–H groups in total. The summed E-state index contributed by atoms with van der Waals surface area (Å²) in [5.74, 6) is -0.808. The van der Waals surface area contributed by atoms with Gasteiger partial charge < -0.3 is 9.47 Å². The Morgan fingerprint density at radius 2 is 1.50 bits per heavy atom. The molecular weight excluding hydrogens is 538 g/mol. The van der Waals surface area contributed by atoms with Gasteiger partial charge in [0.15, 0.2) is 17.6 Å². The van der Waals surface area contributed by atoms with Crippen LogP contribution in [-0.4, -0.2) is 29.4 Å². The molecule has 6 rings (SSSR count). The van der Waals surface area contributed by atoms with Crippen molar-refractivity contribution in [1.82, 2.24) is 0 Å². The highest BCUT2D eigenvalue weighted by Crippen LogP contribution is 2.48. The molecule has 2 amide bonds. The standard InChI is InChI=1S/C32H27N3O7/c1-2-40-27-19-22(13-18-26(27)41-20-21-9-5-3-6-10-21)29-28-30(42-34(29)24-11-7-4-8-12-24)32(37)33(31(28)36)23-14-16-25(17-15-23)35(38)39/h3-19,28-30H,2,20H2,1H3/t28-,29+,30-/m1/s1. The summed E-state index contributed by atoms with van der Waals surface area (Å²) in [6, 6.07) is 29.2. The van der Waals surface area contributed by atoms with Gasteiger partial charge in [-0.3, -0.25) is 24.5 Å². The molecule has 4 aromatic carbocycles. The fourth-order valence-corrected chi connectivity index (χ4v) is 5.36. The number of fused-ring (bicyclic) bond motifs is 1. The van der Waals surface area contributed by atoms with Gasteiger partial charge in [0, 0.05) is 12.1 Å². The average Bonchev–Trinajstić information content (AvgIpc) is 3.53. The summed E-state index contributed by atoms with van der Waals surface area (Å²) < 4.78 is 12.0. The Morgan fingerprint density at radius 3 is 2.17 bits per heavy atom. The van der Waals surface area contributed by atoms with E-state index in [1.165, 1.54) is 24.3 Å². The van der Waals surface area contributed by atoms with E-state index in [4.69, 9.17) is 14.3 Å². The average molecular weight is 566 g/mol. The lowest BCUT2D eigenvalue weighted by Crippen LogP contribution is -2.37. The van der Waals surface area contributed by atoms with E-state index in [9.17, 15) is 19.7 Å². The highest BCUT2D eigenvalue weighted by molar-refractivity contribution is 6.24. The first-order valence-corrected chi connectivity index (χ1v) is 13.5. The number of imide groups is 1. The van der Waals surface area contributed by atoms with Crippen LogP contribution in [0, 0.1) is 16.0 Å². The molecule has 0 saturated carbocycles. The third-order valence-corrected chi connectivity index (χ3v) is 7.29. The van der Waals surface area contributed by atoms with E-state index >= 15 is 0 Å². The van der Waals surface area contributed by atoms with Crippen molar-refractivity contribution in [2.75, 3.05) is 16.6 Å². The summed E-state index contributed by atoms with van der Waals surface area (Å²) in [5, 5.41) is 12.7.